The SMILES string of the molecule is CC(Cl)Cc1ccc(Br)cc1Cl. The van der Waals surface area contributed by atoms with E-state index in [1.54, 1.807) is 0 Å². The van der Waals surface area contributed by atoms with Crippen molar-refractivity contribution >= 4 is 39.1 Å². The fourth-order valence-electron chi connectivity index (χ4n) is 0.990. The smallest absolute Gasteiger partial charge is 0.0449 e. The van der Waals surface area contributed by atoms with Crippen LogP contribution in [0, 0.1) is 0 Å². The van der Waals surface area contributed by atoms with E-state index >= 15 is 0 Å². The molecule has 0 aliphatic carbocycles. The average molecular weight is 268 g/mol. The molecular weight excluding hydrogens is 259 g/mol. The van der Waals surface area contributed by atoms with Crippen LogP contribution in [-0.2, 0) is 6.42 Å². The van der Waals surface area contributed by atoms with Gasteiger partial charge in [-0.1, -0.05) is 33.6 Å². The van der Waals surface area contributed by atoms with Crippen LogP contribution in [0.4, 0.5) is 0 Å². The van der Waals surface area contributed by atoms with Gasteiger partial charge in [0, 0.05) is 14.9 Å². The van der Waals surface area contributed by atoms with Crippen molar-refractivity contribution in [3.63, 3.8) is 0 Å². The van der Waals surface area contributed by atoms with Crippen molar-refractivity contribution in [2.24, 2.45) is 0 Å². The standard InChI is InChI=1S/C9H9BrCl2/c1-6(11)4-7-2-3-8(10)5-9(7)12/h2-3,5-6H,4H2,1H3. The predicted molar refractivity (Wildman–Crippen MR) is 58.2 cm³/mol. The first-order valence-electron chi connectivity index (χ1n) is 3.67. The second kappa shape index (κ2) is 4.50. The van der Waals surface area contributed by atoms with Crippen LogP contribution in [-0.4, -0.2) is 5.38 Å². The first-order chi connectivity index (χ1) is 5.59. The summed E-state index contributed by atoms with van der Waals surface area (Å²) in [5, 5.41) is 0.903. The van der Waals surface area contributed by atoms with Crippen molar-refractivity contribution in [3.8, 4) is 0 Å². The molecule has 0 heterocycles. The molecule has 1 aromatic carbocycles. The average Bonchev–Trinajstić information content (AvgIpc) is 1.94. The Labute approximate surface area is 91.0 Å². The zero-order chi connectivity index (χ0) is 9.14. The number of hydrogen-bond acceptors (Lipinski definition) is 0. The van der Waals surface area contributed by atoms with E-state index in [-0.39, 0.29) is 5.38 Å². The summed E-state index contributed by atoms with van der Waals surface area (Å²) in [6.45, 7) is 1.96. The van der Waals surface area contributed by atoms with Crippen LogP contribution in [0.25, 0.3) is 0 Å². The number of alkyl halides is 1. The summed E-state index contributed by atoms with van der Waals surface area (Å²) < 4.78 is 0.999. The van der Waals surface area contributed by atoms with Crippen LogP contribution in [0.2, 0.25) is 5.02 Å². The fourth-order valence-corrected chi connectivity index (χ4v) is 1.91. The summed E-state index contributed by atoms with van der Waals surface area (Å²) >= 11 is 15.2. The van der Waals surface area contributed by atoms with E-state index < -0.39 is 0 Å². The molecule has 0 fully saturated rings. The number of halogens is 3. The van der Waals surface area contributed by atoms with Crippen LogP contribution in [0.5, 0.6) is 0 Å². The molecule has 0 nitrogen and oxygen atoms in total. The molecule has 0 radical (unpaired) electrons. The van der Waals surface area contributed by atoms with E-state index in [1.165, 1.54) is 0 Å². The van der Waals surface area contributed by atoms with Crippen molar-refractivity contribution in [1.82, 2.24) is 0 Å². The Morgan fingerprint density at radius 2 is 2.17 bits per heavy atom. The lowest BCUT2D eigenvalue weighted by atomic mass is 10.1. The Hall–Kier alpha value is 0.280. The summed E-state index contributed by atoms with van der Waals surface area (Å²) in [4.78, 5) is 0. The summed E-state index contributed by atoms with van der Waals surface area (Å²) in [7, 11) is 0. The Bertz CT molecular complexity index is 271. The summed E-state index contributed by atoms with van der Waals surface area (Å²) in [6.07, 6.45) is 0.813. The van der Waals surface area contributed by atoms with Crippen LogP contribution in [0.3, 0.4) is 0 Å². The van der Waals surface area contributed by atoms with Gasteiger partial charge in [0.15, 0.2) is 0 Å². The quantitative estimate of drug-likeness (QED) is 0.702. The molecule has 0 aromatic heterocycles. The highest BCUT2D eigenvalue weighted by Gasteiger charge is 2.03. The van der Waals surface area contributed by atoms with Crippen LogP contribution in [0.15, 0.2) is 22.7 Å². The van der Waals surface area contributed by atoms with Gasteiger partial charge in [-0.3, -0.25) is 0 Å². The lowest BCUT2D eigenvalue weighted by molar-refractivity contribution is 0.931. The molecule has 0 N–H and O–H groups in total. The predicted octanol–water partition coefficient (Wildman–Crippen LogP) is 4.27. The highest BCUT2D eigenvalue weighted by molar-refractivity contribution is 9.10. The van der Waals surface area contributed by atoms with Crippen LogP contribution >= 0.6 is 39.1 Å². The number of rotatable bonds is 2. The third-order valence-corrected chi connectivity index (χ3v) is 2.52. The lowest BCUT2D eigenvalue weighted by Crippen LogP contribution is -1.97. The molecule has 3 heteroatoms. The first kappa shape index (κ1) is 10.4. The normalized spacial score (nSPS) is 13.0. The molecule has 0 saturated heterocycles. The molecule has 0 spiro atoms. The number of hydrogen-bond donors (Lipinski definition) is 0. The monoisotopic (exact) mass is 266 g/mol. The molecule has 0 amide bonds. The third-order valence-electron chi connectivity index (χ3n) is 1.52. The maximum Gasteiger partial charge on any atom is 0.0449 e. The minimum absolute atomic E-state index is 0.128. The van der Waals surface area contributed by atoms with Crippen LogP contribution in [0.1, 0.15) is 12.5 Å². The van der Waals surface area contributed by atoms with Gasteiger partial charge in [-0.2, -0.15) is 0 Å². The Balaban J connectivity index is 2.86. The fraction of sp³-hybridized carbons (Fsp3) is 0.333. The van der Waals surface area contributed by atoms with Gasteiger partial charge in [0.25, 0.3) is 0 Å². The molecule has 66 valence electrons. The largest absolute Gasteiger partial charge is 0.123 e. The van der Waals surface area contributed by atoms with E-state index in [0.717, 1.165) is 21.5 Å². The third kappa shape index (κ3) is 2.96. The zero-order valence-corrected chi connectivity index (χ0v) is 9.75. The van der Waals surface area contributed by atoms with Crippen molar-refractivity contribution < 1.29 is 0 Å². The van der Waals surface area contributed by atoms with Gasteiger partial charge in [0.1, 0.15) is 0 Å². The lowest BCUT2D eigenvalue weighted by Gasteiger charge is -2.05. The van der Waals surface area contributed by atoms with Crippen LogP contribution < -0.4 is 0 Å². The topological polar surface area (TPSA) is 0 Å². The van der Waals surface area contributed by atoms with Crippen molar-refractivity contribution in [2.45, 2.75) is 18.7 Å². The van der Waals surface area contributed by atoms with Crippen molar-refractivity contribution in [3.05, 3.63) is 33.3 Å². The minimum Gasteiger partial charge on any atom is -0.123 e. The van der Waals surface area contributed by atoms with E-state index in [4.69, 9.17) is 23.2 Å². The molecule has 0 aliphatic rings. The summed E-state index contributed by atoms with van der Waals surface area (Å²) in [5.41, 5.74) is 1.10. The van der Waals surface area contributed by atoms with E-state index in [2.05, 4.69) is 15.9 Å². The molecule has 1 unspecified atom stereocenters. The molecule has 0 saturated carbocycles. The maximum absolute atomic E-state index is 5.98. The van der Waals surface area contributed by atoms with Gasteiger partial charge >= 0.3 is 0 Å². The van der Waals surface area contributed by atoms with E-state index in [1.807, 2.05) is 25.1 Å². The molecule has 1 aromatic rings. The molecule has 12 heavy (non-hydrogen) atoms. The van der Waals surface area contributed by atoms with Crippen molar-refractivity contribution in [2.75, 3.05) is 0 Å². The molecule has 1 atom stereocenters. The Morgan fingerprint density at radius 3 is 2.67 bits per heavy atom. The highest BCUT2D eigenvalue weighted by atomic mass is 79.9. The molecule has 0 aliphatic heterocycles. The summed E-state index contributed by atoms with van der Waals surface area (Å²) in [6, 6.07) is 5.85. The molecule has 1 rings (SSSR count). The van der Waals surface area contributed by atoms with Crippen molar-refractivity contribution in [1.29, 1.82) is 0 Å². The zero-order valence-electron chi connectivity index (χ0n) is 6.65. The first-order valence-corrected chi connectivity index (χ1v) is 5.28. The van der Waals surface area contributed by atoms with Gasteiger partial charge in [-0.25, -0.2) is 0 Å². The van der Waals surface area contributed by atoms with E-state index in [0.29, 0.717) is 0 Å². The Morgan fingerprint density at radius 1 is 1.50 bits per heavy atom. The summed E-state index contributed by atoms with van der Waals surface area (Å²) in [5.74, 6) is 0. The molecular formula is C9H9BrCl2. The van der Waals surface area contributed by atoms with Gasteiger partial charge in [0.2, 0.25) is 0 Å². The second-order valence-corrected chi connectivity index (χ2v) is 4.79. The van der Waals surface area contributed by atoms with Gasteiger partial charge in [0.05, 0.1) is 0 Å². The van der Waals surface area contributed by atoms with Gasteiger partial charge in [-0.15, -0.1) is 11.6 Å². The molecule has 0 bridgehead atoms. The minimum atomic E-state index is 0.128. The van der Waals surface area contributed by atoms with Gasteiger partial charge in [-0.05, 0) is 31.0 Å². The second-order valence-electron chi connectivity index (χ2n) is 2.72. The van der Waals surface area contributed by atoms with Gasteiger partial charge < -0.3 is 0 Å². The van der Waals surface area contributed by atoms with E-state index in [9.17, 15) is 0 Å². The Kier molecular flexibility index (Phi) is 3.88. The number of benzene rings is 1. The highest BCUT2D eigenvalue weighted by Crippen LogP contribution is 2.23. The maximum atomic E-state index is 5.98.